The molecule has 0 bridgehead atoms. The molecule has 2 aromatic rings. The molecular formula is C20H17Cl2NO3S2. The number of ether oxygens (including phenoxy) is 2. The van der Waals surface area contributed by atoms with Gasteiger partial charge in [-0.15, -0.1) is 0 Å². The molecule has 1 aliphatic rings. The number of hydrogen-bond acceptors (Lipinski definition) is 5. The van der Waals surface area contributed by atoms with Gasteiger partial charge in [0.1, 0.15) is 15.8 Å². The third-order valence-corrected chi connectivity index (χ3v) is 5.45. The molecule has 1 aliphatic heterocycles. The summed E-state index contributed by atoms with van der Waals surface area (Å²) in [5, 5.41) is 3.41. The molecule has 0 atom stereocenters. The quantitative estimate of drug-likeness (QED) is 0.333. The molecule has 0 radical (unpaired) electrons. The second kappa shape index (κ2) is 9.65. The Kier molecular flexibility index (Phi) is 7.24. The lowest BCUT2D eigenvalue weighted by molar-refractivity contribution is -0.115. The molecule has 1 fully saturated rings. The van der Waals surface area contributed by atoms with Gasteiger partial charge in [0.2, 0.25) is 0 Å². The molecule has 1 amide bonds. The highest BCUT2D eigenvalue weighted by molar-refractivity contribution is 8.26. The Morgan fingerprint density at radius 1 is 1.14 bits per heavy atom. The van der Waals surface area contributed by atoms with E-state index in [2.05, 4.69) is 5.32 Å². The zero-order valence-corrected chi connectivity index (χ0v) is 18.1. The van der Waals surface area contributed by atoms with Gasteiger partial charge in [-0.05, 0) is 37.3 Å². The van der Waals surface area contributed by atoms with Crippen LogP contribution in [0.2, 0.25) is 10.0 Å². The summed E-state index contributed by atoms with van der Waals surface area (Å²) in [4.78, 5) is 12.4. The van der Waals surface area contributed by atoms with E-state index in [-0.39, 0.29) is 5.91 Å². The van der Waals surface area contributed by atoms with E-state index in [1.54, 1.807) is 18.2 Å². The lowest BCUT2D eigenvalue weighted by Crippen LogP contribution is -2.17. The van der Waals surface area contributed by atoms with Crippen LogP contribution in [0.1, 0.15) is 17.5 Å². The molecule has 1 N–H and O–H groups in total. The molecule has 0 aliphatic carbocycles. The van der Waals surface area contributed by atoms with E-state index in [9.17, 15) is 4.79 Å². The van der Waals surface area contributed by atoms with E-state index in [4.69, 9.17) is 44.9 Å². The Bertz CT molecular complexity index is 930. The number of halogens is 2. The first-order chi connectivity index (χ1) is 13.4. The molecule has 1 saturated heterocycles. The third kappa shape index (κ3) is 5.64. The van der Waals surface area contributed by atoms with Crippen LogP contribution < -0.4 is 14.8 Å². The molecule has 0 saturated carbocycles. The number of amides is 1. The second-order valence-corrected chi connectivity index (χ2v) is 8.58. The first kappa shape index (κ1) is 21.0. The van der Waals surface area contributed by atoms with E-state index in [1.165, 1.54) is 17.3 Å². The highest BCUT2D eigenvalue weighted by atomic mass is 35.5. The van der Waals surface area contributed by atoms with Crippen LogP contribution in [-0.2, 0) is 4.79 Å². The number of nitrogens with one attached hydrogen (secondary N) is 1. The highest BCUT2D eigenvalue weighted by Gasteiger charge is 2.23. The predicted octanol–water partition coefficient (Wildman–Crippen LogP) is 5.64. The van der Waals surface area contributed by atoms with Gasteiger partial charge in [0.15, 0.2) is 0 Å². The Morgan fingerprint density at radius 3 is 2.54 bits per heavy atom. The highest BCUT2D eigenvalue weighted by Crippen LogP contribution is 2.36. The van der Waals surface area contributed by atoms with Gasteiger partial charge in [0.25, 0.3) is 5.91 Å². The van der Waals surface area contributed by atoms with Gasteiger partial charge in [0, 0.05) is 17.0 Å². The van der Waals surface area contributed by atoms with Gasteiger partial charge < -0.3 is 14.8 Å². The van der Waals surface area contributed by atoms with E-state index >= 15 is 0 Å². The fourth-order valence-corrected chi connectivity index (χ4v) is 4.06. The van der Waals surface area contributed by atoms with Crippen LogP contribution in [0.3, 0.4) is 0 Å². The number of thiocarbonyl (C=S) groups is 1. The molecule has 146 valence electrons. The summed E-state index contributed by atoms with van der Waals surface area (Å²) in [6, 6.07) is 11.2. The number of hydrogen-bond donors (Lipinski definition) is 1. The van der Waals surface area contributed by atoms with Gasteiger partial charge in [0.05, 0.1) is 23.1 Å². The normalized spacial score (nSPS) is 15.0. The maximum absolute atomic E-state index is 11.9. The molecule has 3 rings (SSSR count). The average Bonchev–Trinajstić information content (AvgIpc) is 2.95. The Balaban J connectivity index is 1.63. The summed E-state index contributed by atoms with van der Waals surface area (Å²) in [6.07, 6.45) is 2.34. The topological polar surface area (TPSA) is 47.6 Å². The molecule has 4 nitrogen and oxygen atoms in total. The van der Waals surface area contributed by atoms with E-state index in [0.717, 1.165) is 5.75 Å². The zero-order valence-electron chi connectivity index (χ0n) is 15.0. The lowest BCUT2D eigenvalue weighted by Gasteiger charge is -2.13. The van der Waals surface area contributed by atoms with Crippen molar-refractivity contribution in [3.63, 3.8) is 0 Å². The maximum atomic E-state index is 11.9. The van der Waals surface area contributed by atoms with Crippen LogP contribution >= 0.6 is 47.2 Å². The van der Waals surface area contributed by atoms with E-state index in [1.807, 2.05) is 31.2 Å². The molecule has 28 heavy (non-hydrogen) atoms. The number of carbonyl (C=O) groups excluding carboxylic acids is 1. The van der Waals surface area contributed by atoms with Gasteiger partial charge >= 0.3 is 0 Å². The molecule has 8 heteroatoms. The number of thioether (sulfide) groups is 1. The van der Waals surface area contributed by atoms with Crippen molar-refractivity contribution in [1.82, 2.24) is 5.32 Å². The molecular weight excluding hydrogens is 437 g/mol. The van der Waals surface area contributed by atoms with Crippen molar-refractivity contribution >= 4 is 63.5 Å². The Labute approximate surface area is 183 Å². The number of aryl methyl sites for hydroxylation is 1. The van der Waals surface area contributed by atoms with Crippen LogP contribution in [-0.4, -0.2) is 23.4 Å². The summed E-state index contributed by atoms with van der Waals surface area (Å²) < 4.78 is 12.0. The summed E-state index contributed by atoms with van der Waals surface area (Å²) in [5.41, 5.74) is 1.81. The predicted molar refractivity (Wildman–Crippen MR) is 120 cm³/mol. The van der Waals surface area contributed by atoms with Crippen LogP contribution in [0.15, 0.2) is 41.3 Å². The molecule has 0 aromatic heterocycles. The van der Waals surface area contributed by atoms with Crippen LogP contribution in [0, 0.1) is 6.92 Å². The largest absolute Gasteiger partial charge is 0.493 e. The van der Waals surface area contributed by atoms with E-state index < -0.39 is 0 Å². The van der Waals surface area contributed by atoms with Crippen LogP contribution in [0.4, 0.5) is 0 Å². The van der Waals surface area contributed by atoms with Crippen molar-refractivity contribution in [1.29, 1.82) is 0 Å². The molecule has 2 aromatic carbocycles. The van der Waals surface area contributed by atoms with Crippen molar-refractivity contribution in [3.8, 4) is 11.5 Å². The maximum Gasteiger partial charge on any atom is 0.263 e. The number of carbonyl (C=O) groups is 1. The summed E-state index contributed by atoms with van der Waals surface area (Å²) in [7, 11) is 0. The Morgan fingerprint density at radius 2 is 1.86 bits per heavy atom. The van der Waals surface area contributed by atoms with Crippen molar-refractivity contribution < 1.29 is 14.3 Å². The standard InChI is InChI=1S/C20H17Cl2NO3S2/c1-12-3-5-15(6-4-12)25-7-2-8-26-18-13(9-14(21)11-16(18)22)10-17-19(24)23-20(27)28-17/h3-6,9-11H,2,7-8H2,1H3,(H,23,24,27)/b17-10-. The van der Waals surface area contributed by atoms with E-state index in [0.29, 0.717) is 50.2 Å². The monoisotopic (exact) mass is 453 g/mol. The van der Waals surface area contributed by atoms with Crippen molar-refractivity contribution in [2.24, 2.45) is 0 Å². The fourth-order valence-electron chi connectivity index (χ4n) is 2.46. The summed E-state index contributed by atoms with van der Waals surface area (Å²) >= 11 is 18.6. The fraction of sp³-hybridized carbons (Fsp3) is 0.200. The first-order valence-corrected chi connectivity index (χ1v) is 10.5. The third-order valence-electron chi connectivity index (χ3n) is 3.79. The second-order valence-electron chi connectivity index (χ2n) is 6.02. The number of benzene rings is 2. The van der Waals surface area contributed by atoms with Crippen molar-refractivity contribution in [2.75, 3.05) is 13.2 Å². The first-order valence-electron chi connectivity index (χ1n) is 8.48. The minimum absolute atomic E-state index is 0.247. The van der Waals surface area contributed by atoms with Gasteiger partial charge in [-0.25, -0.2) is 0 Å². The minimum atomic E-state index is -0.247. The van der Waals surface area contributed by atoms with Gasteiger partial charge in [-0.3, -0.25) is 4.79 Å². The summed E-state index contributed by atoms with van der Waals surface area (Å²) in [6.45, 7) is 2.94. The molecule has 0 spiro atoms. The van der Waals surface area contributed by atoms with Crippen molar-refractivity contribution in [2.45, 2.75) is 13.3 Å². The molecule has 1 heterocycles. The van der Waals surface area contributed by atoms with Crippen LogP contribution in [0.25, 0.3) is 6.08 Å². The minimum Gasteiger partial charge on any atom is -0.493 e. The smallest absolute Gasteiger partial charge is 0.263 e. The number of rotatable bonds is 7. The summed E-state index contributed by atoms with van der Waals surface area (Å²) in [5.74, 6) is 1.05. The van der Waals surface area contributed by atoms with Gasteiger partial charge in [-0.2, -0.15) is 0 Å². The lowest BCUT2D eigenvalue weighted by atomic mass is 10.2. The van der Waals surface area contributed by atoms with Crippen LogP contribution in [0.5, 0.6) is 11.5 Å². The zero-order chi connectivity index (χ0) is 20.1. The Hall–Kier alpha value is -1.73. The van der Waals surface area contributed by atoms with Gasteiger partial charge in [-0.1, -0.05) is 64.9 Å². The molecule has 0 unspecified atom stereocenters. The average molecular weight is 454 g/mol. The van der Waals surface area contributed by atoms with Crippen molar-refractivity contribution in [3.05, 3.63) is 62.5 Å². The SMILES string of the molecule is Cc1ccc(OCCCOc2c(Cl)cc(Cl)cc2/C=C2\SC(=S)NC2=O)cc1.